The van der Waals surface area contributed by atoms with Crippen molar-refractivity contribution in [3.63, 3.8) is 0 Å². The van der Waals surface area contributed by atoms with E-state index in [2.05, 4.69) is 48.0 Å². The van der Waals surface area contributed by atoms with Gasteiger partial charge in [0, 0.05) is 18.5 Å². The third kappa shape index (κ3) is 5.61. The Morgan fingerprint density at radius 3 is 2.48 bits per heavy atom. The molecule has 0 radical (unpaired) electrons. The van der Waals surface area contributed by atoms with E-state index in [-0.39, 0.29) is 5.91 Å². The number of amides is 1. The maximum Gasteiger partial charge on any atom is 0.251 e. The Kier molecular flexibility index (Phi) is 7.08. The molecule has 33 heavy (non-hydrogen) atoms. The van der Waals surface area contributed by atoms with Gasteiger partial charge in [-0.2, -0.15) is 0 Å². The number of benzene rings is 3. The first-order valence-corrected chi connectivity index (χ1v) is 11.5. The van der Waals surface area contributed by atoms with Crippen LogP contribution in [0.3, 0.4) is 0 Å². The highest BCUT2D eigenvalue weighted by molar-refractivity contribution is 5.95. The minimum absolute atomic E-state index is 0.0246. The molecule has 0 spiro atoms. The zero-order chi connectivity index (χ0) is 23.2. The van der Waals surface area contributed by atoms with Gasteiger partial charge in [-0.05, 0) is 74.2 Å². The molecule has 0 bridgehead atoms. The number of carbonyl (C=O) groups is 1. The van der Waals surface area contributed by atoms with Crippen molar-refractivity contribution in [3.05, 3.63) is 94.8 Å². The van der Waals surface area contributed by atoms with Crippen LogP contribution in [0.2, 0.25) is 0 Å². The molecule has 1 amide bonds. The highest BCUT2D eigenvalue weighted by Gasteiger charge is 2.12. The number of imidazole rings is 1. The fourth-order valence-corrected chi connectivity index (χ4v) is 4.21. The van der Waals surface area contributed by atoms with Crippen LogP contribution >= 0.6 is 0 Å². The molecule has 0 saturated heterocycles. The zero-order valence-corrected chi connectivity index (χ0v) is 19.6. The van der Waals surface area contributed by atoms with Gasteiger partial charge >= 0.3 is 0 Å². The number of para-hydroxylation sites is 2. The number of nitrogens with one attached hydrogen (secondary N) is 1. The number of rotatable bonds is 9. The number of aryl methyl sites for hydroxylation is 4. The zero-order valence-electron chi connectivity index (χ0n) is 19.6. The molecule has 5 nitrogen and oxygen atoms in total. The average molecular weight is 442 g/mol. The molecule has 0 aliphatic carbocycles. The Morgan fingerprint density at radius 1 is 0.970 bits per heavy atom. The molecule has 1 N–H and O–H groups in total. The van der Waals surface area contributed by atoms with Crippen LogP contribution in [0.5, 0.6) is 5.75 Å². The van der Waals surface area contributed by atoms with E-state index < -0.39 is 0 Å². The summed E-state index contributed by atoms with van der Waals surface area (Å²) in [5, 5.41) is 3.04. The van der Waals surface area contributed by atoms with Crippen LogP contribution in [0.1, 0.15) is 39.3 Å². The number of aromatic nitrogens is 2. The Morgan fingerprint density at radius 2 is 1.70 bits per heavy atom. The first kappa shape index (κ1) is 22.6. The van der Waals surface area contributed by atoms with E-state index in [1.54, 1.807) is 0 Å². The first-order chi connectivity index (χ1) is 16.0. The Balaban J connectivity index is 1.38. The molecule has 3 aromatic carbocycles. The predicted molar refractivity (Wildman–Crippen MR) is 133 cm³/mol. The molecule has 0 saturated carbocycles. The lowest BCUT2D eigenvalue weighted by atomic mass is 10.1. The van der Waals surface area contributed by atoms with E-state index >= 15 is 0 Å². The van der Waals surface area contributed by atoms with Crippen molar-refractivity contribution in [2.75, 3.05) is 13.2 Å². The number of carbonyl (C=O) groups excluding carboxylic acids is 1. The second-order valence-electron chi connectivity index (χ2n) is 8.51. The molecule has 0 aliphatic rings. The van der Waals surface area contributed by atoms with Crippen LogP contribution in [-0.2, 0) is 13.0 Å². The van der Waals surface area contributed by atoms with Gasteiger partial charge in [0.05, 0.1) is 17.6 Å². The van der Waals surface area contributed by atoms with E-state index in [4.69, 9.17) is 9.72 Å². The van der Waals surface area contributed by atoms with Crippen LogP contribution < -0.4 is 10.1 Å². The van der Waals surface area contributed by atoms with Crippen LogP contribution in [0.25, 0.3) is 11.0 Å². The largest absolute Gasteiger partial charge is 0.492 e. The van der Waals surface area contributed by atoms with Crippen molar-refractivity contribution in [2.45, 2.75) is 40.2 Å². The lowest BCUT2D eigenvalue weighted by Crippen LogP contribution is -2.25. The van der Waals surface area contributed by atoms with E-state index in [1.807, 2.05) is 49.4 Å². The second kappa shape index (κ2) is 10.3. The van der Waals surface area contributed by atoms with Gasteiger partial charge in [-0.25, -0.2) is 4.98 Å². The lowest BCUT2D eigenvalue weighted by Gasteiger charge is -2.12. The van der Waals surface area contributed by atoms with Crippen molar-refractivity contribution in [1.82, 2.24) is 14.9 Å². The summed E-state index contributed by atoms with van der Waals surface area (Å²) in [7, 11) is 0. The number of fused-ring (bicyclic) bond motifs is 1. The fourth-order valence-electron chi connectivity index (χ4n) is 4.21. The van der Waals surface area contributed by atoms with Gasteiger partial charge in [0.2, 0.25) is 0 Å². The third-order valence-electron chi connectivity index (χ3n) is 5.76. The summed E-state index contributed by atoms with van der Waals surface area (Å²) < 4.78 is 8.29. The number of ether oxygens (including phenoxy) is 1. The predicted octanol–water partition coefficient (Wildman–Crippen LogP) is 5.40. The van der Waals surface area contributed by atoms with Crippen molar-refractivity contribution >= 4 is 16.9 Å². The average Bonchev–Trinajstić information content (AvgIpc) is 3.14. The van der Waals surface area contributed by atoms with Crippen molar-refractivity contribution in [1.29, 1.82) is 0 Å². The molecular formula is C28H31N3O2. The smallest absolute Gasteiger partial charge is 0.251 e. The summed E-state index contributed by atoms with van der Waals surface area (Å²) >= 11 is 0. The highest BCUT2D eigenvalue weighted by Crippen LogP contribution is 2.19. The molecule has 5 heteroatoms. The second-order valence-corrected chi connectivity index (χ2v) is 8.51. The lowest BCUT2D eigenvalue weighted by molar-refractivity contribution is 0.0952. The summed E-state index contributed by atoms with van der Waals surface area (Å²) in [6, 6.07) is 22.1. The molecular weight excluding hydrogens is 410 g/mol. The molecule has 170 valence electrons. The summed E-state index contributed by atoms with van der Waals surface area (Å²) in [6.07, 6.45) is 1.60. The Labute approximate surface area is 195 Å². The molecule has 4 rings (SSSR count). The van der Waals surface area contributed by atoms with Gasteiger partial charge < -0.3 is 14.6 Å². The fraction of sp³-hybridized carbons (Fsp3) is 0.286. The van der Waals surface area contributed by atoms with Crippen LogP contribution in [0, 0.1) is 20.8 Å². The third-order valence-corrected chi connectivity index (χ3v) is 5.76. The van der Waals surface area contributed by atoms with Gasteiger partial charge in [-0.15, -0.1) is 0 Å². The molecule has 0 unspecified atom stereocenters. The van der Waals surface area contributed by atoms with Crippen LogP contribution in [0.15, 0.2) is 66.7 Å². The van der Waals surface area contributed by atoms with E-state index in [0.717, 1.165) is 53.1 Å². The van der Waals surface area contributed by atoms with Gasteiger partial charge in [-0.3, -0.25) is 4.79 Å². The standard InChI is InChI=1S/C28H31N3O2/c1-20-17-21(2)19-23(18-20)33-16-15-31-26-12-7-6-11-25(26)30-27(31)13-8-14-29-28(32)24-10-5-4-9-22(24)3/h4-7,9-12,17-19H,8,13-16H2,1-3H3,(H,29,32). The number of hydrogen-bond donors (Lipinski definition) is 1. The monoisotopic (exact) mass is 441 g/mol. The normalized spacial score (nSPS) is 11.0. The quantitative estimate of drug-likeness (QED) is 0.354. The first-order valence-electron chi connectivity index (χ1n) is 11.5. The summed E-state index contributed by atoms with van der Waals surface area (Å²) in [4.78, 5) is 17.3. The van der Waals surface area contributed by atoms with Gasteiger partial charge in [-0.1, -0.05) is 36.4 Å². The summed E-state index contributed by atoms with van der Waals surface area (Å²) in [6.45, 7) is 8.02. The Hall–Kier alpha value is -3.60. The summed E-state index contributed by atoms with van der Waals surface area (Å²) in [5.74, 6) is 1.89. The molecule has 1 heterocycles. The van der Waals surface area contributed by atoms with Crippen molar-refractivity contribution in [2.24, 2.45) is 0 Å². The molecule has 0 aliphatic heterocycles. The maximum absolute atomic E-state index is 12.5. The molecule has 0 atom stereocenters. The van der Waals surface area contributed by atoms with Crippen molar-refractivity contribution < 1.29 is 9.53 Å². The topological polar surface area (TPSA) is 56.1 Å². The highest BCUT2D eigenvalue weighted by atomic mass is 16.5. The van der Waals surface area contributed by atoms with E-state index in [1.165, 1.54) is 11.1 Å². The van der Waals surface area contributed by atoms with Crippen LogP contribution in [-0.4, -0.2) is 28.6 Å². The molecule has 1 aromatic heterocycles. The van der Waals surface area contributed by atoms with E-state index in [9.17, 15) is 4.79 Å². The number of hydrogen-bond acceptors (Lipinski definition) is 3. The number of nitrogens with zero attached hydrogens (tertiary/aromatic N) is 2. The van der Waals surface area contributed by atoms with E-state index in [0.29, 0.717) is 13.2 Å². The maximum atomic E-state index is 12.5. The minimum Gasteiger partial charge on any atom is -0.492 e. The molecule has 0 fully saturated rings. The summed E-state index contributed by atoms with van der Waals surface area (Å²) in [5.41, 5.74) is 6.22. The molecule has 4 aromatic rings. The van der Waals surface area contributed by atoms with Gasteiger partial charge in [0.25, 0.3) is 5.91 Å². The van der Waals surface area contributed by atoms with Crippen molar-refractivity contribution in [3.8, 4) is 5.75 Å². The Bertz CT molecular complexity index is 1240. The minimum atomic E-state index is -0.0246. The SMILES string of the molecule is Cc1cc(C)cc(OCCn2c(CCCNC(=O)c3ccccc3C)nc3ccccc32)c1. The van der Waals surface area contributed by atoms with Gasteiger partial charge in [0.15, 0.2) is 0 Å². The van der Waals surface area contributed by atoms with Crippen LogP contribution in [0.4, 0.5) is 0 Å². The van der Waals surface area contributed by atoms with Gasteiger partial charge in [0.1, 0.15) is 18.2 Å².